The summed E-state index contributed by atoms with van der Waals surface area (Å²) in [5, 5.41) is 39.5. The van der Waals surface area contributed by atoms with Crippen LogP contribution in [0.3, 0.4) is 0 Å². The third-order valence-electron chi connectivity index (χ3n) is 4.86. The highest BCUT2D eigenvalue weighted by Gasteiger charge is 2.33. The molecule has 0 fully saturated rings. The minimum Gasteiger partial charge on any atom is -0.506 e. The van der Waals surface area contributed by atoms with Gasteiger partial charge in [0.25, 0.3) is 0 Å². The standard InChI is InChI=1S/C10H5Cl2F3N4O2.C7H3Br2NO.C5H12NO4P/c11-5-1-4(10(13,14)15)2-6(12)8(5)18-9(16)7(3-17-18)19(20)21;8-5-1-4(3-10)2-6(9)7(5)11;1-11(9,10)3-2-4(6)5(7)8/h1-3H,16H2;1-2,11H;4H,2-3,6H2,1H3,(H,7,8)(H,9,10). The number of phenols is 1. The Morgan fingerprint density at radius 3 is 2.09 bits per heavy atom. The average molecular weight is 799 g/mol. The summed E-state index contributed by atoms with van der Waals surface area (Å²) in [6.07, 6.45) is -3.78. The SMILES string of the molecule is CP(=O)(O)CCC(N)C(=O)O.N#Cc1cc(Br)c(O)c(Br)c1.Nc1c([N+](=O)[O-])cnn1-c1c(Cl)cc(C(F)(F)F)cc1Cl. The summed E-state index contributed by atoms with van der Waals surface area (Å²) < 4.78 is 50.3. The molecular weight excluding hydrogens is 779 g/mol. The van der Waals surface area contributed by atoms with E-state index in [2.05, 4.69) is 37.0 Å². The van der Waals surface area contributed by atoms with Gasteiger partial charge in [0.1, 0.15) is 23.7 Å². The number of anilines is 1. The lowest BCUT2D eigenvalue weighted by Crippen LogP contribution is -2.30. The van der Waals surface area contributed by atoms with E-state index in [1.54, 1.807) is 12.1 Å². The molecule has 7 N–H and O–H groups in total. The molecule has 0 amide bonds. The molecule has 3 rings (SSSR count). The van der Waals surface area contributed by atoms with E-state index in [-0.39, 0.29) is 34.1 Å². The second-order valence-corrected chi connectivity index (χ2v) is 13.4. The smallest absolute Gasteiger partial charge is 0.416 e. The molecule has 1 heterocycles. The fourth-order valence-electron chi connectivity index (χ4n) is 2.73. The first-order valence-corrected chi connectivity index (χ1v) is 15.6. The van der Waals surface area contributed by atoms with Crippen molar-refractivity contribution >= 4 is 79.9 Å². The van der Waals surface area contributed by atoms with Gasteiger partial charge in [-0.1, -0.05) is 23.2 Å². The lowest BCUT2D eigenvalue weighted by atomic mass is 10.2. The average Bonchev–Trinajstić information content (AvgIpc) is 3.25. The molecule has 0 aliphatic rings. The lowest BCUT2D eigenvalue weighted by Gasteiger charge is -2.12. The molecule has 21 heteroatoms. The summed E-state index contributed by atoms with van der Waals surface area (Å²) in [5.41, 5.74) is 9.37. The van der Waals surface area contributed by atoms with Crippen LogP contribution in [0, 0.1) is 21.4 Å². The van der Waals surface area contributed by atoms with Crippen molar-refractivity contribution in [1.29, 1.82) is 5.26 Å². The molecule has 0 bridgehead atoms. The number of benzene rings is 2. The van der Waals surface area contributed by atoms with Crippen LogP contribution in [0.25, 0.3) is 5.69 Å². The Hall–Kier alpha value is -2.91. The molecule has 0 aliphatic heterocycles. The van der Waals surface area contributed by atoms with Gasteiger partial charge in [0.05, 0.1) is 41.1 Å². The van der Waals surface area contributed by atoms with Gasteiger partial charge >= 0.3 is 17.8 Å². The fourth-order valence-corrected chi connectivity index (χ4v) is 5.32. The Balaban J connectivity index is 0.000000356. The van der Waals surface area contributed by atoms with E-state index in [0.717, 1.165) is 10.9 Å². The number of carbonyl (C=O) groups is 1. The normalized spacial score (nSPS) is 12.9. The van der Waals surface area contributed by atoms with Gasteiger partial charge in [-0.2, -0.15) is 23.5 Å². The molecule has 2 atom stereocenters. The third kappa shape index (κ3) is 11.6. The Morgan fingerprint density at radius 1 is 1.26 bits per heavy atom. The van der Waals surface area contributed by atoms with Gasteiger partial charge in [-0.3, -0.25) is 19.5 Å². The van der Waals surface area contributed by atoms with E-state index in [1.807, 2.05) is 6.07 Å². The van der Waals surface area contributed by atoms with Gasteiger partial charge in [-0.25, -0.2) is 4.68 Å². The number of phenolic OH excluding ortho intramolecular Hbond substituents is 1. The maximum atomic E-state index is 12.6. The molecule has 234 valence electrons. The van der Waals surface area contributed by atoms with Crippen molar-refractivity contribution in [3.05, 3.63) is 70.7 Å². The zero-order valence-corrected chi connectivity index (χ0v) is 27.0. The number of nitrogens with zero attached hydrogens (tertiary/aromatic N) is 4. The molecule has 2 unspecified atom stereocenters. The van der Waals surface area contributed by atoms with Crippen LogP contribution in [0.15, 0.2) is 39.4 Å². The number of nitrogens with two attached hydrogens (primary N) is 2. The second-order valence-electron chi connectivity index (χ2n) is 8.28. The van der Waals surface area contributed by atoms with Crippen molar-refractivity contribution in [3.63, 3.8) is 0 Å². The first-order chi connectivity index (χ1) is 19.6. The van der Waals surface area contributed by atoms with Crippen LogP contribution in [0.4, 0.5) is 24.7 Å². The van der Waals surface area contributed by atoms with E-state index in [0.29, 0.717) is 26.6 Å². The van der Waals surface area contributed by atoms with Crippen molar-refractivity contribution in [1.82, 2.24) is 9.78 Å². The number of nitriles is 1. The zero-order chi connectivity index (χ0) is 33.4. The highest BCUT2D eigenvalue weighted by atomic mass is 79.9. The Kier molecular flexibility index (Phi) is 13.9. The molecular formula is C22H20Br2Cl2F3N6O7P. The highest BCUT2D eigenvalue weighted by molar-refractivity contribution is 9.11. The summed E-state index contributed by atoms with van der Waals surface area (Å²) in [4.78, 5) is 28.8. The van der Waals surface area contributed by atoms with Crippen LogP contribution in [-0.2, 0) is 15.5 Å². The van der Waals surface area contributed by atoms with Crippen LogP contribution < -0.4 is 11.5 Å². The number of rotatable bonds is 6. The molecule has 43 heavy (non-hydrogen) atoms. The number of aliphatic carboxylic acids is 1. The van der Waals surface area contributed by atoms with Gasteiger partial charge < -0.3 is 26.6 Å². The fraction of sp³-hybridized carbons (Fsp3) is 0.227. The van der Waals surface area contributed by atoms with Crippen LogP contribution >= 0.6 is 62.4 Å². The van der Waals surface area contributed by atoms with Crippen molar-refractivity contribution < 1.29 is 42.6 Å². The number of carboxylic acid groups (broad SMARTS) is 1. The number of hydrogen-bond acceptors (Lipinski definition) is 9. The van der Waals surface area contributed by atoms with Crippen LogP contribution in [0.5, 0.6) is 5.75 Å². The molecule has 0 saturated heterocycles. The molecule has 1 aromatic heterocycles. The topological polar surface area (TPSA) is 232 Å². The maximum Gasteiger partial charge on any atom is 0.416 e. The first-order valence-electron chi connectivity index (χ1n) is 11.0. The predicted octanol–water partition coefficient (Wildman–Crippen LogP) is 6.17. The number of nitro groups is 1. The summed E-state index contributed by atoms with van der Waals surface area (Å²) in [5.74, 6) is -1.42. The summed E-state index contributed by atoms with van der Waals surface area (Å²) in [6.45, 7) is 1.18. The predicted molar refractivity (Wildman–Crippen MR) is 159 cm³/mol. The van der Waals surface area contributed by atoms with Crippen LogP contribution in [0.2, 0.25) is 10.0 Å². The minimum absolute atomic E-state index is 0.0412. The Labute approximate surface area is 267 Å². The molecule has 0 saturated carbocycles. The minimum atomic E-state index is -4.63. The van der Waals surface area contributed by atoms with Gasteiger partial charge in [0.2, 0.25) is 5.82 Å². The van der Waals surface area contributed by atoms with Gasteiger partial charge in [0, 0.05) is 12.8 Å². The second kappa shape index (κ2) is 15.7. The van der Waals surface area contributed by atoms with Crippen LogP contribution in [0.1, 0.15) is 17.5 Å². The lowest BCUT2D eigenvalue weighted by molar-refractivity contribution is -0.383. The van der Waals surface area contributed by atoms with Gasteiger partial charge in [-0.15, -0.1) is 0 Å². The summed E-state index contributed by atoms with van der Waals surface area (Å²) in [7, 11) is -3.10. The first kappa shape index (κ1) is 38.1. The quantitative estimate of drug-likeness (QED) is 0.108. The number of halogens is 7. The monoisotopic (exact) mass is 796 g/mol. The number of aromatic hydroxyl groups is 1. The van der Waals surface area contributed by atoms with Crippen molar-refractivity contribution in [3.8, 4) is 17.5 Å². The number of carboxylic acids is 1. The van der Waals surface area contributed by atoms with Crippen LogP contribution in [-0.4, -0.2) is 54.6 Å². The van der Waals surface area contributed by atoms with Crippen molar-refractivity contribution in [2.45, 2.75) is 18.6 Å². The van der Waals surface area contributed by atoms with Crippen molar-refractivity contribution in [2.75, 3.05) is 18.6 Å². The third-order valence-corrected chi connectivity index (χ3v) is 7.73. The van der Waals surface area contributed by atoms with E-state index in [1.165, 1.54) is 6.66 Å². The van der Waals surface area contributed by atoms with E-state index >= 15 is 0 Å². The van der Waals surface area contributed by atoms with E-state index < -0.39 is 47.5 Å². The zero-order valence-electron chi connectivity index (χ0n) is 21.4. The molecule has 13 nitrogen and oxygen atoms in total. The highest BCUT2D eigenvalue weighted by Crippen LogP contribution is 2.39. The number of alkyl halides is 3. The van der Waals surface area contributed by atoms with E-state index in [9.17, 15) is 37.8 Å². The summed E-state index contributed by atoms with van der Waals surface area (Å²) >= 11 is 17.7. The largest absolute Gasteiger partial charge is 0.506 e. The van der Waals surface area contributed by atoms with Gasteiger partial charge in [-0.05, 0) is 62.5 Å². The van der Waals surface area contributed by atoms with E-state index in [4.69, 9.17) is 49.9 Å². The maximum absolute atomic E-state index is 12.6. The Morgan fingerprint density at radius 2 is 1.74 bits per heavy atom. The Bertz CT molecular complexity index is 1550. The van der Waals surface area contributed by atoms with Crippen molar-refractivity contribution in [2.24, 2.45) is 5.73 Å². The molecule has 0 radical (unpaired) electrons. The summed E-state index contributed by atoms with van der Waals surface area (Å²) in [6, 6.07) is 5.31. The number of nitrogen functional groups attached to an aromatic ring is 1. The molecule has 0 spiro atoms. The molecule has 2 aromatic carbocycles. The number of aromatic nitrogens is 2. The molecule has 3 aromatic rings. The number of hydrogen-bond donors (Lipinski definition) is 5. The molecule has 0 aliphatic carbocycles. The van der Waals surface area contributed by atoms with Gasteiger partial charge in [0.15, 0.2) is 7.37 Å².